The lowest BCUT2D eigenvalue weighted by molar-refractivity contribution is -0.133. The van der Waals surface area contributed by atoms with Crippen molar-refractivity contribution in [3.8, 4) is 0 Å². The van der Waals surface area contributed by atoms with E-state index in [1.807, 2.05) is 23.1 Å². The quantitative estimate of drug-likeness (QED) is 0.889. The van der Waals surface area contributed by atoms with Gasteiger partial charge in [-0.2, -0.15) is 0 Å². The van der Waals surface area contributed by atoms with Crippen LogP contribution in [0, 0.1) is 5.92 Å². The highest BCUT2D eigenvalue weighted by Crippen LogP contribution is 2.40. The fourth-order valence-electron chi connectivity index (χ4n) is 3.04. The van der Waals surface area contributed by atoms with Crippen LogP contribution in [0.5, 0.6) is 0 Å². The molecule has 3 nitrogen and oxygen atoms in total. The predicted octanol–water partition coefficient (Wildman–Crippen LogP) is 2.33. The lowest BCUT2D eigenvalue weighted by Crippen LogP contribution is -2.47. The van der Waals surface area contributed by atoms with Crippen molar-refractivity contribution in [1.82, 2.24) is 4.90 Å². The molecule has 1 heterocycles. The van der Waals surface area contributed by atoms with E-state index in [9.17, 15) is 4.79 Å². The first-order valence-corrected chi connectivity index (χ1v) is 6.55. The maximum absolute atomic E-state index is 12.2. The lowest BCUT2D eigenvalue weighted by Gasteiger charge is -2.40. The summed E-state index contributed by atoms with van der Waals surface area (Å²) in [5, 5.41) is 0. The Kier molecular flexibility index (Phi) is 3.44. The molecule has 0 radical (unpaired) electrons. The Hall–Kier alpha value is -1.35. The first kappa shape index (κ1) is 13.1. The number of hydrogen-bond donors (Lipinski definition) is 1. The molecule has 2 N–H and O–H groups in total. The molecule has 0 aliphatic carbocycles. The Morgan fingerprint density at radius 2 is 2.00 bits per heavy atom. The highest BCUT2D eigenvalue weighted by atomic mass is 16.2. The second-order valence-corrected chi connectivity index (χ2v) is 5.64. The minimum Gasteiger partial charge on any atom is -0.330 e. The van der Waals surface area contributed by atoms with Crippen LogP contribution in [0.2, 0.25) is 0 Å². The summed E-state index contributed by atoms with van der Waals surface area (Å²) in [6.45, 7) is 6.90. The van der Waals surface area contributed by atoms with Crippen molar-refractivity contribution in [1.29, 1.82) is 0 Å². The van der Waals surface area contributed by atoms with Crippen LogP contribution in [0.4, 0.5) is 0 Å². The summed E-state index contributed by atoms with van der Waals surface area (Å²) in [6, 6.07) is 10.3. The third kappa shape index (κ3) is 2.03. The number of nitrogens with zero attached hydrogens (tertiary/aromatic N) is 1. The molecule has 1 fully saturated rings. The first-order valence-electron chi connectivity index (χ1n) is 6.55. The zero-order valence-electron chi connectivity index (χ0n) is 11.4. The molecule has 1 saturated heterocycles. The minimum absolute atomic E-state index is 0.102. The molecule has 1 aliphatic heterocycles. The van der Waals surface area contributed by atoms with E-state index in [0.29, 0.717) is 13.0 Å². The Morgan fingerprint density at radius 3 is 2.50 bits per heavy atom. The Bertz CT molecular complexity index is 427. The van der Waals surface area contributed by atoms with Crippen LogP contribution in [0.1, 0.15) is 38.8 Å². The van der Waals surface area contributed by atoms with Crippen molar-refractivity contribution in [2.45, 2.75) is 38.8 Å². The highest BCUT2D eigenvalue weighted by Gasteiger charge is 2.47. The van der Waals surface area contributed by atoms with Gasteiger partial charge in [-0.05, 0) is 32.9 Å². The maximum atomic E-state index is 12.2. The number of nitrogens with two attached hydrogens (primary N) is 1. The summed E-state index contributed by atoms with van der Waals surface area (Å²) in [5.41, 5.74) is 6.81. The summed E-state index contributed by atoms with van der Waals surface area (Å²) in [7, 11) is 0. The Balaban J connectivity index is 2.30. The Morgan fingerprint density at radius 1 is 1.39 bits per heavy atom. The van der Waals surface area contributed by atoms with Crippen molar-refractivity contribution in [3.63, 3.8) is 0 Å². The van der Waals surface area contributed by atoms with Crippen LogP contribution in [0.15, 0.2) is 30.3 Å². The number of benzene rings is 1. The molecule has 0 saturated carbocycles. The fraction of sp³-hybridized carbons (Fsp3) is 0.533. The standard InChI is InChI=1S/C15H22N2O/c1-11(12-7-5-4-6-8-12)17-14(18)9-13(10-16)15(17,2)3/h4-8,11,13H,9-10,16H2,1-3H3. The predicted molar refractivity (Wildman–Crippen MR) is 72.9 cm³/mol. The molecule has 3 heteroatoms. The molecule has 18 heavy (non-hydrogen) atoms. The summed E-state index contributed by atoms with van der Waals surface area (Å²) in [4.78, 5) is 14.2. The summed E-state index contributed by atoms with van der Waals surface area (Å²) in [6.07, 6.45) is 0.570. The molecule has 1 amide bonds. The van der Waals surface area contributed by atoms with Crippen molar-refractivity contribution < 1.29 is 4.79 Å². The molecule has 2 rings (SSSR count). The second-order valence-electron chi connectivity index (χ2n) is 5.64. The van der Waals surface area contributed by atoms with Gasteiger partial charge in [0.05, 0.1) is 6.04 Å². The smallest absolute Gasteiger partial charge is 0.223 e. The van der Waals surface area contributed by atoms with Gasteiger partial charge in [0.25, 0.3) is 0 Å². The van der Waals surface area contributed by atoms with Crippen molar-refractivity contribution in [2.75, 3.05) is 6.54 Å². The SMILES string of the molecule is CC(c1ccccc1)N1C(=O)CC(CN)C1(C)C. The van der Waals surface area contributed by atoms with E-state index in [2.05, 4.69) is 32.9 Å². The van der Waals surface area contributed by atoms with E-state index in [1.165, 1.54) is 5.56 Å². The molecule has 2 unspecified atom stereocenters. The van der Waals surface area contributed by atoms with Gasteiger partial charge in [0.1, 0.15) is 0 Å². The first-order chi connectivity index (χ1) is 8.48. The number of carbonyl (C=O) groups is 1. The summed E-state index contributed by atoms with van der Waals surface area (Å²) in [5.74, 6) is 0.461. The van der Waals surface area contributed by atoms with Gasteiger partial charge in [0.2, 0.25) is 5.91 Å². The number of hydrogen-bond acceptors (Lipinski definition) is 2. The van der Waals surface area contributed by atoms with Crippen LogP contribution in [0.3, 0.4) is 0 Å². The van der Waals surface area contributed by atoms with Gasteiger partial charge in [0, 0.05) is 17.9 Å². The number of rotatable bonds is 3. The highest BCUT2D eigenvalue weighted by molar-refractivity contribution is 5.80. The van der Waals surface area contributed by atoms with Gasteiger partial charge in [0.15, 0.2) is 0 Å². The van der Waals surface area contributed by atoms with E-state index < -0.39 is 0 Å². The third-order valence-corrected chi connectivity index (χ3v) is 4.26. The number of likely N-dealkylation sites (tertiary alicyclic amines) is 1. The van der Waals surface area contributed by atoms with E-state index in [1.54, 1.807) is 0 Å². The van der Waals surface area contributed by atoms with Gasteiger partial charge >= 0.3 is 0 Å². The van der Waals surface area contributed by atoms with Gasteiger partial charge in [-0.3, -0.25) is 4.79 Å². The third-order valence-electron chi connectivity index (χ3n) is 4.26. The van der Waals surface area contributed by atoms with Crippen molar-refractivity contribution in [3.05, 3.63) is 35.9 Å². The summed E-state index contributed by atoms with van der Waals surface area (Å²) >= 11 is 0. The normalized spacial score (nSPS) is 24.3. The zero-order chi connectivity index (χ0) is 13.3. The molecular formula is C15H22N2O. The molecule has 98 valence electrons. The second kappa shape index (κ2) is 4.73. The van der Waals surface area contributed by atoms with E-state index in [0.717, 1.165) is 0 Å². The van der Waals surface area contributed by atoms with E-state index >= 15 is 0 Å². The lowest BCUT2D eigenvalue weighted by atomic mass is 9.87. The Labute approximate surface area is 109 Å². The average molecular weight is 246 g/mol. The summed E-state index contributed by atoms with van der Waals surface area (Å²) < 4.78 is 0. The fourth-order valence-corrected chi connectivity index (χ4v) is 3.04. The van der Waals surface area contributed by atoms with Gasteiger partial charge < -0.3 is 10.6 Å². The molecule has 1 aliphatic rings. The average Bonchev–Trinajstić information content (AvgIpc) is 2.59. The number of amides is 1. The molecule has 0 aromatic heterocycles. The van der Waals surface area contributed by atoms with Crippen molar-refractivity contribution >= 4 is 5.91 Å². The van der Waals surface area contributed by atoms with E-state index in [4.69, 9.17) is 5.73 Å². The van der Waals surface area contributed by atoms with Crippen LogP contribution < -0.4 is 5.73 Å². The zero-order valence-corrected chi connectivity index (χ0v) is 11.4. The van der Waals surface area contributed by atoms with Gasteiger partial charge in [-0.15, -0.1) is 0 Å². The monoisotopic (exact) mass is 246 g/mol. The van der Waals surface area contributed by atoms with E-state index in [-0.39, 0.29) is 23.4 Å². The van der Waals surface area contributed by atoms with Crippen molar-refractivity contribution in [2.24, 2.45) is 11.7 Å². The molecule has 1 aromatic rings. The molecule has 1 aromatic carbocycles. The molecule has 0 bridgehead atoms. The molecular weight excluding hydrogens is 224 g/mol. The van der Waals surface area contributed by atoms with Crippen LogP contribution >= 0.6 is 0 Å². The van der Waals surface area contributed by atoms with Gasteiger partial charge in [-0.25, -0.2) is 0 Å². The maximum Gasteiger partial charge on any atom is 0.223 e. The molecule has 2 atom stereocenters. The van der Waals surface area contributed by atoms with Crippen LogP contribution in [-0.2, 0) is 4.79 Å². The number of carbonyl (C=O) groups excluding carboxylic acids is 1. The molecule has 0 spiro atoms. The minimum atomic E-state index is -0.166. The van der Waals surface area contributed by atoms with Crippen LogP contribution in [0.25, 0.3) is 0 Å². The topological polar surface area (TPSA) is 46.3 Å². The largest absolute Gasteiger partial charge is 0.330 e. The van der Waals surface area contributed by atoms with Crippen LogP contribution in [-0.4, -0.2) is 22.9 Å². The van der Waals surface area contributed by atoms with Gasteiger partial charge in [-0.1, -0.05) is 30.3 Å².